The quantitative estimate of drug-likeness (QED) is 0.906. The van der Waals surface area contributed by atoms with Crippen LogP contribution in [-0.4, -0.2) is 31.1 Å². The number of nitrogens with one attached hydrogen (secondary N) is 1. The van der Waals surface area contributed by atoms with E-state index in [0.29, 0.717) is 6.04 Å². The van der Waals surface area contributed by atoms with Crippen molar-refractivity contribution in [1.29, 1.82) is 0 Å². The maximum Gasteiger partial charge on any atom is 0.0238 e. The van der Waals surface area contributed by atoms with Crippen molar-refractivity contribution in [3.63, 3.8) is 0 Å². The lowest BCUT2D eigenvalue weighted by Crippen LogP contribution is -2.44. The summed E-state index contributed by atoms with van der Waals surface area (Å²) in [4.78, 5) is 2.44. The van der Waals surface area contributed by atoms with E-state index in [1.807, 2.05) is 0 Å². The van der Waals surface area contributed by atoms with Crippen LogP contribution in [0.2, 0.25) is 0 Å². The molecule has 0 fully saturated rings. The Labute approximate surface area is 127 Å². The van der Waals surface area contributed by atoms with Crippen LogP contribution in [0.15, 0.2) is 54.6 Å². The van der Waals surface area contributed by atoms with Crippen molar-refractivity contribution in [2.75, 3.05) is 20.1 Å². The molecular weight excluding hydrogens is 256 g/mol. The van der Waals surface area contributed by atoms with Crippen LogP contribution in [0.25, 0.3) is 0 Å². The highest BCUT2D eigenvalue weighted by Crippen LogP contribution is 2.16. The third-order valence-electron chi connectivity index (χ3n) is 4.32. The molecule has 21 heavy (non-hydrogen) atoms. The zero-order chi connectivity index (χ0) is 14.5. The van der Waals surface area contributed by atoms with Gasteiger partial charge in [-0.05, 0) is 36.6 Å². The topological polar surface area (TPSA) is 15.3 Å². The summed E-state index contributed by atoms with van der Waals surface area (Å²) < 4.78 is 0. The summed E-state index contributed by atoms with van der Waals surface area (Å²) in [5.74, 6) is 0. The minimum atomic E-state index is 0.570. The van der Waals surface area contributed by atoms with Crippen LogP contribution in [0.5, 0.6) is 0 Å². The van der Waals surface area contributed by atoms with Crippen LogP contribution in [-0.2, 0) is 19.4 Å². The molecule has 1 aliphatic rings. The van der Waals surface area contributed by atoms with Crippen LogP contribution >= 0.6 is 0 Å². The van der Waals surface area contributed by atoms with Crippen molar-refractivity contribution >= 4 is 0 Å². The fourth-order valence-corrected chi connectivity index (χ4v) is 3.08. The molecule has 0 spiro atoms. The number of hydrogen-bond donors (Lipinski definition) is 1. The van der Waals surface area contributed by atoms with Gasteiger partial charge in [0, 0.05) is 25.7 Å². The smallest absolute Gasteiger partial charge is 0.0238 e. The van der Waals surface area contributed by atoms with E-state index in [2.05, 4.69) is 71.9 Å². The lowest BCUT2D eigenvalue weighted by molar-refractivity contribution is 0.283. The fourth-order valence-electron chi connectivity index (χ4n) is 3.08. The Hall–Kier alpha value is -1.64. The van der Waals surface area contributed by atoms with E-state index in [9.17, 15) is 0 Å². The van der Waals surface area contributed by atoms with Crippen molar-refractivity contribution in [3.05, 3.63) is 71.3 Å². The molecule has 110 valence electrons. The first-order chi connectivity index (χ1) is 10.3. The normalized spacial score (nSPS) is 17.7. The molecule has 2 nitrogen and oxygen atoms in total. The molecule has 2 heteroatoms. The highest BCUT2D eigenvalue weighted by atomic mass is 15.1. The molecule has 1 N–H and O–H groups in total. The van der Waals surface area contributed by atoms with Crippen molar-refractivity contribution < 1.29 is 0 Å². The average molecular weight is 280 g/mol. The lowest BCUT2D eigenvalue weighted by Gasteiger charge is -2.29. The molecule has 0 saturated heterocycles. The van der Waals surface area contributed by atoms with Gasteiger partial charge >= 0.3 is 0 Å². The number of rotatable bonds is 5. The number of nitrogens with zero attached hydrogens (tertiary/aromatic N) is 1. The van der Waals surface area contributed by atoms with E-state index in [1.165, 1.54) is 16.7 Å². The first-order valence-corrected chi connectivity index (χ1v) is 7.84. The molecule has 0 saturated carbocycles. The maximum atomic E-state index is 3.66. The van der Waals surface area contributed by atoms with Crippen LogP contribution in [0.4, 0.5) is 0 Å². The van der Waals surface area contributed by atoms with Crippen molar-refractivity contribution in [2.45, 2.75) is 25.4 Å². The van der Waals surface area contributed by atoms with Crippen molar-refractivity contribution in [2.24, 2.45) is 0 Å². The molecule has 1 aliphatic heterocycles. The predicted molar refractivity (Wildman–Crippen MR) is 88.4 cm³/mol. The number of likely N-dealkylation sites (N-methyl/N-ethyl adjacent to an activating group) is 1. The van der Waals surface area contributed by atoms with E-state index >= 15 is 0 Å². The van der Waals surface area contributed by atoms with Gasteiger partial charge in [-0.3, -0.25) is 0 Å². The highest BCUT2D eigenvalue weighted by Gasteiger charge is 2.18. The zero-order valence-electron chi connectivity index (χ0n) is 12.8. The lowest BCUT2D eigenvalue weighted by atomic mass is 9.95. The minimum Gasteiger partial charge on any atom is -0.308 e. The summed E-state index contributed by atoms with van der Waals surface area (Å²) >= 11 is 0. The molecule has 1 unspecified atom stereocenters. The largest absolute Gasteiger partial charge is 0.308 e. The van der Waals surface area contributed by atoms with E-state index in [0.717, 1.165) is 32.5 Å². The van der Waals surface area contributed by atoms with E-state index in [4.69, 9.17) is 0 Å². The summed E-state index contributed by atoms with van der Waals surface area (Å²) in [5, 5.41) is 3.66. The maximum absolute atomic E-state index is 3.66. The predicted octanol–water partition coefficient (Wildman–Crippen LogP) is 2.88. The van der Waals surface area contributed by atoms with Crippen LogP contribution in [0.1, 0.15) is 16.7 Å². The Kier molecular flexibility index (Phi) is 4.69. The Morgan fingerprint density at radius 1 is 1.00 bits per heavy atom. The first kappa shape index (κ1) is 14.3. The minimum absolute atomic E-state index is 0.570. The summed E-state index contributed by atoms with van der Waals surface area (Å²) in [6.45, 7) is 3.23. The highest BCUT2D eigenvalue weighted by molar-refractivity contribution is 5.30. The molecule has 2 aromatic rings. The third-order valence-corrected chi connectivity index (χ3v) is 4.32. The van der Waals surface area contributed by atoms with Crippen LogP contribution in [0.3, 0.4) is 0 Å². The van der Waals surface area contributed by atoms with Crippen LogP contribution < -0.4 is 5.32 Å². The molecule has 0 aliphatic carbocycles. The second-order valence-electron chi connectivity index (χ2n) is 6.05. The van der Waals surface area contributed by atoms with Gasteiger partial charge in [-0.15, -0.1) is 0 Å². The molecule has 0 bridgehead atoms. The van der Waals surface area contributed by atoms with Gasteiger partial charge in [0.05, 0.1) is 0 Å². The number of benzene rings is 2. The second kappa shape index (κ2) is 6.88. The van der Waals surface area contributed by atoms with Crippen molar-refractivity contribution in [1.82, 2.24) is 10.2 Å². The molecule has 0 radical (unpaired) electrons. The molecule has 1 heterocycles. The SMILES string of the molecule is CN(CCc1ccccc1)CC1Cc2ccccc2CN1. The number of fused-ring (bicyclic) bond motifs is 1. The second-order valence-corrected chi connectivity index (χ2v) is 6.05. The fraction of sp³-hybridized carbons (Fsp3) is 0.368. The Morgan fingerprint density at radius 2 is 1.71 bits per heavy atom. The van der Waals surface area contributed by atoms with Gasteiger partial charge < -0.3 is 10.2 Å². The average Bonchev–Trinajstić information content (AvgIpc) is 2.54. The van der Waals surface area contributed by atoms with Gasteiger partial charge in [0.15, 0.2) is 0 Å². The van der Waals surface area contributed by atoms with Crippen molar-refractivity contribution in [3.8, 4) is 0 Å². The van der Waals surface area contributed by atoms with Gasteiger partial charge in [0.25, 0.3) is 0 Å². The van der Waals surface area contributed by atoms with Crippen LogP contribution in [0, 0.1) is 0 Å². The van der Waals surface area contributed by atoms with E-state index in [1.54, 1.807) is 0 Å². The molecule has 2 aromatic carbocycles. The number of hydrogen-bond acceptors (Lipinski definition) is 2. The monoisotopic (exact) mass is 280 g/mol. The molecule has 3 rings (SSSR count). The molecule has 1 atom stereocenters. The molecule has 0 amide bonds. The summed E-state index contributed by atoms with van der Waals surface area (Å²) in [6, 6.07) is 20.1. The molecule has 0 aromatic heterocycles. The van der Waals surface area contributed by atoms with Gasteiger partial charge in [-0.1, -0.05) is 54.6 Å². The Bertz CT molecular complexity index is 565. The summed E-state index contributed by atoms with van der Waals surface area (Å²) in [6.07, 6.45) is 2.27. The Morgan fingerprint density at radius 3 is 2.52 bits per heavy atom. The summed E-state index contributed by atoms with van der Waals surface area (Å²) in [5.41, 5.74) is 4.39. The van der Waals surface area contributed by atoms with Gasteiger partial charge in [-0.25, -0.2) is 0 Å². The zero-order valence-corrected chi connectivity index (χ0v) is 12.8. The van der Waals surface area contributed by atoms with E-state index in [-0.39, 0.29) is 0 Å². The molecular formula is C19H24N2. The first-order valence-electron chi connectivity index (χ1n) is 7.84. The van der Waals surface area contributed by atoms with E-state index < -0.39 is 0 Å². The Balaban J connectivity index is 1.49. The van der Waals surface area contributed by atoms with Gasteiger partial charge in [0.1, 0.15) is 0 Å². The third kappa shape index (κ3) is 3.93. The van der Waals surface area contributed by atoms with Gasteiger partial charge in [0.2, 0.25) is 0 Å². The van der Waals surface area contributed by atoms with Gasteiger partial charge in [-0.2, -0.15) is 0 Å². The standard InChI is InChI=1S/C19H24N2/c1-21(12-11-16-7-3-2-4-8-16)15-19-13-17-9-5-6-10-18(17)14-20-19/h2-10,19-20H,11-15H2,1H3. The summed E-state index contributed by atoms with van der Waals surface area (Å²) in [7, 11) is 2.23.